The first kappa shape index (κ1) is 13.7. The topological polar surface area (TPSA) is 87.3 Å². The molecule has 1 aromatic heterocycles. The molecule has 0 fully saturated rings. The van der Waals surface area contributed by atoms with Gasteiger partial charge in [-0.05, 0) is 26.0 Å². The van der Waals surface area contributed by atoms with Gasteiger partial charge in [-0.15, -0.1) is 0 Å². The van der Waals surface area contributed by atoms with Crippen LogP contribution in [0.2, 0.25) is 0 Å². The van der Waals surface area contributed by atoms with Crippen molar-refractivity contribution in [3.05, 3.63) is 51.8 Å². The molecule has 0 aliphatic rings. The molecule has 1 heterocycles. The summed E-state index contributed by atoms with van der Waals surface area (Å²) in [6.07, 6.45) is 2.92. The number of nitrogens with zero attached hydrogens (tertiary/aromatic N) is 3. The largest absolute Gasteiger partial charge is 0.462 e. The van der Waals surface area contributed by atoms with Crippen molar-refractivity contribution in [3.63, 3.8) is 0 Å². The zero-order valence-corrected chi connectivity index (χ0v) is 11.1. The van der Waals surface area contributed by atoms with Crippen molar-refractivity contribution >= 4 is 11.7 Å². The molecule has 1 aromatic carbocycles. The van der Waals surface area contributed by atoms with Crippen molar-refractivity contribution in [2.24, 2.45) is 0 Å². The average molecular weight is 275 g/mol. The van der Waals surface area contributed by atoms with Gasteiger partial charge in [0.2, 0.25) is 0 Å². The fraction of sp³-hybridized carbons (Fsp3) is 0.231. The average Bonchev–Trinajstić information content (AvgIpc) is 2.88. The summed E-state index contributed by atoms with van der Waals surface area (Å²) in [5.41, 5.74) is 1.55. The van der Waals surface area contributed by atoms with Gasteiger partial charge in [-0.2, -0.15) is 5.10 Å². The summed E-state index contributed by atoms with van der Waals surface area (Å²) in [4.78, 5) is 21.9. The molecule has 2 aromatic rings. The Hall–Kier alpha value is -2.70. The van der Waals surface area contributed by atoms with E-state index in [4.69, 9.17) is 4.74 Å². The van der Waals surface area contributed by atoms with Gasteiger partial charge in [0, 0.05) is 17.8 Å². The van der Waals surface area contributed by atoms with Gasteiger partial charge in [-0.1, -0.05) is 0 Å². The number of aromatic nitrogens is 2. The highest BCUT2D eigenvalue weighted by Crippen LogP contribution is 2.20. The smallest absolute Gasteiger partial charge is 0.341 e. The molecule has 2 rings (SSSR count). The number of benzene rings is 1. The van der Waals surface area contributed by atoms with Crippen molar-refractivity contribution in [3.8, 4) is 5.69 Å². The molecular formula is C13H13N3O4. The van der Waals surface area contributed by atoms with E-state index in [1.54, 1.807) is 26.0 Å². The van der Waals surface area contributed by atoms with Crippen LogP contribution in [0.1, 0.15) is 22.8 Å². The molecule has 0 bridgehead atoms. The lowest BCUT2D eigenvalue weighted by Gasteiger charge is -2.03. The minimum atomic E-state index is -0.447. The SMILES string of the molecule is CCOC(=O)c1cnn(-c2ccc([N+](=O)[O-])c(C)c2)c1. The predicted octanol–water partition coefficient (Wildman–Crippen LogP) is 2.27. The summed E-state index contributed by atoms with van der Waals surface area (Å²) in [5.74, 6) is -0.447. The minimum absolute atomic E-state index is 0.0477. The summed E-state index contributed by atoms with van der Waals surface area (Å²) in [6.45, 7) is 3.67. The zero-order chi connectivity index (χ0) is 14.7. The number of nitro groups is 1. The Labute approximate surface area is 114 Å². The quantitative estimate of drug-likeness (QED) is 0.485. The molecule has 7 nitrogen and oxygen atoms in total. The van der Waals surface area contributed by atoms with Crippen molar-refractivity contribution < 1.29 is 14.5 Å². The summed E-state index contributed by atoms with van der Waals surface area (Å²) in [7, 11) is 0. The van der Waals surface area contributed by atoms with E-state index in [1.807, 2.05) is 0 Å². The monoisotopic (exact) mass is 275 g/mol. The van der Waals surface area contributed by atoms with Crippen LogP contribution in [0.25, 0.3) is 5.69 Å². The second-order valence-electron chi connectivity index (χ2n) is 4.12. The highest BCUT2D eigenvalue weighted by molar-refractivity contribution is 5.88. The molecule has 0 amide bonds. The van der Waals surface area contributed by atoms with E-state index in [2.05, 4.69) is 5.10 Å². The van der Waals surface area contributed by atoms with Crippen LogP contribution in [0.4, 0.5) is 5.69 Å². The number of nitro benzene ring substituents is 1. The molecule has 20 heavy (non-hydrogen) atoms. The Morgan fingerprint density at radius 3 is 2.85 bits per heavy atom. The summed E-state index contributed by atoms with van der Waals surface area (Å²) >= 11 is 0. The highest BCUT2D eigenvalue weighted by atomic mass is 16.6. The molecule has 0 atom stereocenters. The van der Waals surface area contributed by atoms with E-state index in [-0.39, 0.29) is 5.69 Å². The molecule has 0 saturated carbocycles. The number of carbonyl (C=O) groups excluding carboxylic acids is 1. The van der Waals surface area contributed by atoms with E-state index in [1.165, 1.54) is 23.1 Å². The maximum absolute atomic E-state index is 11.5. The standard InChI is InChI=1S/C13H13N3O4/c1-3-20-13(17)10-7-14-15(8-10)11-4-5-12(16(18)19)9(2)6-11/h4-8H,3H2,1-2H3. The number of esters is 1. The molecule has 0 radical (unpaired) electrons. The van der Waals surface area contributed by atoms with Crippen LogP contribution in [-0.4, -0.2) is 27.3 Å². The third-order valence-electron chi connectivity index (χ3n) is 2.74. The number of hydrogen-bond donors (Lipinski definition) is 0. The van der Waals surface area contributed by atoms with Crippen LogP contribution in [0, 0.1) is 17.0 Å². The highest BCUT2D eigenvalue weighted by Gasteiger charge is 2.13. The molecule has 0 unspecified atom stereocenters. The maximum Gasteiger partial charge on any atom is 0.341 e. The van der Waals surface area contributed by atoms with Gasteiger partial charge in [0.25, 0.3) is 5.69 Å². The van der Waals surface area contributed by atoms with Gasteiger partial charge >= 0.3 is 5.97 Å². The predicted molar refractivity (Wildman–Crippen MR) is 70.9 cm³/mol. The molecule has 0 aliphatic heterocycles. The molecule has 0 saturated heterocycles. The Morgan fingerprint density at radius 2 is 2.25 bits per heavy atom. The van der Waals surface area contributed by atoms with Gasteiger partial charge in [0.1, 0.15) is 0 Å². The van der Waals surface area contributed by atoms with Crippen LogP contribution < -0.4 is 0 Å². The van der Waals surface area contributed by atoms with E-state index >= 15 is 0 Å². The van der Waals surface area contributed by atoms with Crippen LogP contribution in [0.15, 0.2) is 30.6 Å². The van der Waals surface area contributed by atoms with Gasteiger partial charge in [0.05, 0.1) is 29.0 Å². The first-order chi connectivity index (χ1) is 9.52. The number of carbonyl (C=O) groups is 1. The van der Waals surface area contributed by atoms with Crippen LogP contribution in [0.3, 0.4) is 0 Å². The fourth-order valence-corrected chi connectivity index (χ4v) is 1.77. The van der Waals surface area contributed by atoms with Crippen molar-refractivity contribution in [2.45, 2.75) is 13.8 Å². The summed E-state index contributed by atoms with van der Waals surface area (Å²) < 4.78 is 6.35. The molecular weight excluding hydrogens is 262 g/mol. The van der Waals surface area contributed by atoms with E-state index in [9.17, 15) is 14.9 Å². The minimum Gasteiger partial charge on any atom is -0.462 e. The Balaban J connectivity index is 2.31. The van der Waals surface area contributed by atoms with Crippen LogP contribution in [0.5, 0.6) is 0 Å². The molecule has 0 aliphatic carbocycles. The maximum atomic E-state index is 11.5. The summed E-state index contributed by atoms with van der Waals surface area (Å²) in [5, 5.41) is 14.8. The summed E-state index contributed by atoms with van der Waals surface area (Å²) in [6, 6.07) is 4.63. The second kappa shape index (κ2) is 5.52. The van der Waals surface area contributed by atoms with E-state index < -0.39 is 10.9 Å². The molecule has 0 spiro atoms. The van der Waals surface area contributed by atoms with E-state index in [0.29, 0.717) is 23.4 Å². The first-order valence-corrected chi connectivity index (χ1v) is 6.00. The number of hydrogen-bond acceptors (Lipinski definition) is 5. The molecule has 0 N–H and O–H groups in total. The number of rotatable bonds is 4. The third-order valence-corrected chi connectivity index (χ3v) is 2.74. The lowest BCUT2D eigenvalue weighted by molar-refractivity contribution is -0.385. The first-order valence-electron chi connectivity index (χ1n) is 6.00. The Kier molecular flexibility index (Phi) is 3.79. The van der Waals surface area contributed by atoms with Crippen molar-refractivity contribution in [1.29, 1.82) is 0 Å². The van der Waals surface area contributed by atoms with Gasteiger partial charge in [-0.25, -0.2) is 9.48 Å². The molecule has 104 valence electrons. The van der Waals surface area contributed by atoms with E-state index in [0.717, 1.165) is 0 Å². The molecule has 7 heteroatoms. The van der Waals surface area contributed by atoms with Crippen molar-refractivity contribution in [2.75, 3.05) is 6.61 Å². The number of aryl methyl sites for hydroxylation is 1. The zero-order valence-electron chi connectivity index (χ0n) is 11.1. The number of ether oxygens (including phenoxy) is 1. The van der Waals surface area contributed by atoms with Crippen molar-refractivity contribution in [1.82, 2.24) is 9.78 Å². The second-order valence-corrected chi connectivity index (χ2v) is 4.12. The Morgan fingerprint density at radius 1 is 1.50 bits per heavy atom. The van der Waals surface area contributed by atoms with Crippen LogP contribution in [-0.2, 0) is 4.74 Å². The van der Waals surface area contributed by atoms with Gasteiger partial charge < -0.3 is 4.74 Å². The van der Waals surface area contributed by atoms with Gasteiger partial charge in [0.15, 0.2) is 0 Å². The van der Waals surface area contributed by atoms with Crippen LogP contribution >= 0.6 is 0 Å². The Bertz CT molecular complexity index is 663. The fourth-order valence-electron chi connectivity index (χ4n) is 1.77. The van der Waals surface area contributed by atoms with Gasteiger partial charge in [-0.3, -0.25) is 10.1 Å². The lowest BCUT2D eigenvalue weighted by Crippen LogP contribution is -2.03. The lowest BCUT2D eigenvalue weighted by atomic mass is 10.2. The normalized spacial score (nSPS) is 10.3. The third kappa shape index (κ3) is 2.66.